The third-order valence-corrected chi connectivity index (χ3v) is 1.83. The number of aliphatic hydroxyl groups excluding tert-OH is 4. The van der Waals surface area contributed by atoms with Gasteiger partial charge < -0.3 is 25.2 Å². The zero-order valence-corrected chi connectivity index (χ0v) is 6.08. The Morgan fingerprint density at radius 1 is 0.909 bits per heavy atom. The molecule has 0 bridgehead atoms. The van der Waals surface area contributed by atoms with Crippen molar-refractivity contribution in [3.8, 4) is 0 Å². The largest absolute Gasteiger partial charge is 0.388 e. The van der Waals surface area contributed by atoms with Crippen molar-refractivity contribution in [1.82, 2.24) is 0 Å². The van der Waals surface area contributed by atoms with Gasteiger partial charge >= 0.3 is 0 Å². The summed E-state index contributed by atoms with van der Waals surface area (Å²) in [6.45, 7) is 1.50. The first-order valence-electron chi connectivity index (χ1n) is 3.41. The van der Waals surface area contributed by atoms with Crippen LogP contribution in [0.3, 0.4) is 0 Å². The second-order valence-electron chi connectivity index (χ2n) is 2.70. The van der Waals surface area contributed by atoms with Crippen LogP contribution in [0, 0.1) is 0 Å². The van der Waals surface area contributed by atoms with E-state index < -0.39 is 30.7 Å². The molecule has 1 fully saturated rings. The van der Waals surface area contributed by atoms with E-state index in [0.29, 0.717) is 0 Å². The number of hydrogen-bond donors (Lipinski definition) is 4. The second-order valence-corrected chi connectivity index (χ2v) is 2.70. The maximum absolute atomic E-state index is 9.09. The molecule has 0 amide bonds. The van der Waals surface area contributed by atoms with Gasteiger partial charge in [-0.15, -0.1) is 0 Å². The lowest BCUT2D eigenvalue weighted by Gasteiger charge is -2.36. The lowest BCUT2D eigenvalue weighted by molar-refractivity contribution is -0.277. The number of hydrogen-bond acceptors (Lipinski definition) is 5. The fourth-order valence-corrected chi connectivity index (χ4v) is 1.03. The highest BCUT2D eigenvalue weighted by Crippen LogP contribution is 2.18. The fraction of sp³-hybridized carbons (Fsp3) is 1.00. The summed E-state index contributed by atoms with van der Waals surface area (Å²) in [5, 5.41) is 36.0. The number of aliphatic hydroxyl groups is 4. The van der Waals surface area contributed by atoms with Gasteiger partial charge in [0.05, 0.1) is 6.10 Å². The van der Waals surface area contributed by atoms with Gasteiger partial charge in [0, 0.05) is 0 Å². The predicted molar refractivity (Wildman–Crippen MR) is 34.6 cm³/mol. The first-order chi connectivity index (χ1) is 5.04. The van der Waals surface area contributed by atoms with Crippen LogP contribution in [0.25, 0.3) is 0 Å². The average molecular weight is 164 g/mol. The lowest BCUT2D eigenvalue weighted by atomic mass is 10.0. The highest BCUT2D eigenvalue weighted by Gasteiger charge is 2.40. The molecule has 66 valence electrons. The Labute approximate surface area is 63.8 Å². The molecule has 5 heteroatoms. The van der Waals surface area contributed by atoms with Gasteiger partial charge in [0.15, 0.2) is 6.29 Å². The maximum atomic E-state index is 9.09. The minimum Gasteiger partial charge on any atom is -0.388 e. The first kappa shape index (κ1) is 8.89. The van der Waals surface area contributed by atoms with E-state index in [2.05, 4.69) is 4.74 Å². The van der Waals surface area contributed by atoms with Gasteiger partial charge in [0.1, 0.15) is 18.3 Å². The average Bonchev–Trinajstić information content (AvgIpc) is 1.97. The normalized spacial score (nSPS) is 52.6. The minimum atomic E-state index is -1.43. The smallest absolute Gasteiger partial charge is 0.183 e. The molecular weight excluding hydrogens is 152 g/mol. The van der Waals surface area contributed by atoms with Crippen molar-refractivity contribution < 1.29 is 25.2 Å². The Hall–Kier alpha value is -0.200. The van der Waals surface area contributed by atoms with Crippen LogP contribution in [0.5, 0.6) is 0 Å². The standard InChI is InChI=1S/C6H12O5/c1-2-3(7)4(8)5(9)6(10)11-2/h2-10H,1H3/t2?,3-,4+,5?,6?/m1/s1. The van der Waals surface area contributed by atoms with E-state index in [1.165, 1.54) is 6.92 Å². The summed E-state index contributed by atoms with van der Waals surface area (Å²) in [6.07, 6.45) is -5.99. The van der Waals surface area contributed by atoms with Crippen LogP contribution in [-0.4, -0.2) is 51.1 Å². The third-order valence-electron chi connectivity index (χ3n) is 1.83. The quantitative estimate of drug-likeness (QED) is 0.326. The van der Waals surface area contributed by atoms with E-state index in [9.17, 15) is 0 Å². The van der Waals surface area contributed by atoms with E-state index in [0.717, 1.165) is 0 Å². The molecule has 1 heterocycles. The highest BCUT2D eigenvalue weighted by atomic mass is 16.6. The van der Waals surface area contributed by atoms with Crippen LogP contribution in [0.1, 0.15) is 6.92 Å². The Kier molecular flexibility index (Phi) is 2.46. The van der Waals surface area contributed by atoms with E-state index >= 15 is 0 Å². The topological polar surface area (TPSA) is 90.2 Å². The number of rotatable bonds is 0. The van der Waals surface area contributed by atoms with Crippen molar-refractivity contribution in [2.24, 2.45) is 0 Å². The summed E-state index contributed by atoms with van der Waals surface area (Å²) in [5.74, 6) is 0. The molecule has 1 aliphatic heterocycles. The Morgan fingerprint density at radius 2 is 1.45 bits per heavy atom. The van der Waals surface area contributed by atoms with Crippen LogP contribution in [0.15, 0.2) is 0 Å². The summed E-state index contributed by atoms with van der Waals surface area (Å²) < 4.78 is 4.68. The third kappa shape index (κ3) is 1.52. The second kappa shape index (κ2) is 3.04. The summed E-state index contributed by atoms with van der Waals surface area (Å²) in [5.41, 5.74) is 0. The van der Waals surface area contributed by atoms with E-state index in [-0.39, 0.29) is 0 Å². The van der Waals surface area contributed by atoms with Crippen LogP contribution in [0.2, 0.25) is 0 Å². The molecule has 5 nitrogen and oxygen atoms in total. The highest BCUT2D eigenvalue weighted by molar-refractivity contribution is 4.86. The minimum absolute atomic E-state index is 0.664. The molecule has 0 saturated carbocycles. The fourth-order valence-electron chi connectivity index (χ4n) is 1.03. The van der Waals surface area contributed by atoms with Gasteiger partial charge in [0.2, 0.25) is 0 Å². The molecule has 0 spiro atoms. The lowest BCUT2D eigenvalue weighted by Crippen LogP contribution is -2.56. The molecule has 0 aromatic heterocycles. The number of ether oxygens (including phenoxy) is 1. The van der Waals surface area contributed by atoms with Gasteiger partial charge in [-0.3, -0.25) is 0 Å². The molecule has 5 atom stereocenters. The van der Waals surface area contributed by atoms with Gasteiger partial charge in [-0.25, -0.2) is 0 Å². The van der Waals surface area contributed by atoms with Crippen molar-refractivity contribution in [3.63, 3.8) is 0 Å². The summed E-state index contributed by atoms with van der Waals surface area (Å²) in [4.78, 5) is 0. The van der Waals surface area contributed by atoms with Crippen molar-refractivity contribution in [2.45, 2.75) is 37.6 Å². The van der Waals surface area contributed by atoms with E-state index in [1.54, 1.807) is 0 Å². The molecule has 0 aliphatic carbocycles. The molecular formula is C6H12O5. The van der Waals surface area contributed by atoms with Gasteiger partial charge in [-0.1, -0.05) is 0 Å². The van der Waals surface area contributed by atoms with Gasteiger partial charge in [-0.05, 0) is 6.92 Å². The Balaban J connectivity index is 2.63. The molecule has 0 aromatic carbocycles. The Bertz CT molecular complexity index is 125. The zero-order valence-electron chi connectivity index (χ0n) is 6.08. The van der Waals surface area contributed by atoms with Crippen LogP contribution >= 0.6 is 0 Å². The molecule has 3 unspecified atom stereocenters. The van der Waals surface area contributed by atoms with Gasteiger partial charge in [-0.2, -0.15) is 0 Å². The van der Waals surface area contributed by atoms with Gasteiger partial charge in [0.25, 0.3) is 0 Å². The van der Waals surface area contributed by atoms with Crippen molar-refractivity contribution in [1.29, 1.82) is 0 Å². The SMILES string of the molecule is CC1OC(O)C(O)[C@@H](O)[C@@H]1O. The van der Waals surface area contributed by atoms with Crippen LogP contribution < -0.4 is 0 Å². The molecule has 1 aliphatic rings. The zero-order chi connectivity index (χ0) is 8.59. The van der Waals surface area contributed by atoms with Crippen LogP contribution in [0.4, 0.5) is 0 Å². The monoisotopic (exact) mass is 164 g/mol. The Morgan fingerprint density at radius 3 is 2.00 bits per heavy atom. The summed E-state index contributed by atoms with van der Waals surface area (Å²) >= 11 is 0. The molecule has 1 rings (SSSR count). The van der Waals surface area contributed by atoms with E-state index in [4.69, 9.17) is 20.4 Å². The van der Waals surface area contributed by atoms with Crippen molar-refractivity contribution in [3.05, 3.63) is 0 Å². The summed E-state index contributed by atoms with van der Waals surface area (Å²) in [7, 11) is 0. The first-order valence-corrected chi connectivity index (χ1v) is 3.41. The van der Waals surface area contributed by atoms with E-state index in [1.807, 2.05) is 0 Å². The predicted octanol–water partition coefficient (Wildman–Crippen LogP) is -2.19. The molecule has 0 aromatic rings. The molecule has 1 saturated heterocycles. The molecule has 4 N–H and O–H groups in total. The van der Waals surface area contributed by atoms with Crippen molar-refractivity contribution in [2.75, 3.05) is 0 Å². The summed E-state index contributed by atoms with van der Waals surface area (Å²) in [6, 6.07) is 0. The van der Waals surface area contributed by atoms with Crippen molar-refractivity contribution >= 4 is 0 Å². The van der Waals surface area contributed by atoms with Crippen LogP contribution in [-0.2, 0) is 4.74 Å². The maximum Gasteiger partial charge on any atom is 0.183 e. The molecule has 11 heavy (non-hydrogen) atoms. The molecule has 0 radical (unpaired) electrons.